The molecule has 1 unspecified atom stereocenters. The highest BCUT2D eigenvalue weighted by Crippen LogP contribution is 2.31. The van der Waals surface area contributed by atoms with E-state index in [4.69, 9.17) is 16.3 Å². The van der Waals surface area contributed by atoms with Crippen molar-refractivity contribution in [1.29, 1.82) is 0 Å². The average Bonchev–Trinajstić information content (AvgIpc) is 3.21. The van der Waals surface area contributed by atoms with E-state index in [9.17, 15) is 0 Å². The lowest BCUT2D eigenvalue weighted by molar-refractivity contribution is -0.0237. The fourth-order valence-corrected chi connectivity index (χ4v) is 4.38. The second-order valence-electron chi connectivity index (χ2n) is 6.69. The number of hydrogen-bond acceptors (Lipinski definition) is 4. The zero-order valence-electron chi connectivity index (χ0n) is 12.7. The summed E-state index contributed by atoms with van der Waals surface area (Å²) >= 11 is 7.71. The fraction of sp³-hybridized carbons (Fsp3) is 0.750. The topological polar surface area (TPSA) is 24.5 Å². The van der Waals surface area contributed by atoms with Gasteiger partial charge in [-0.2, -0.15) is 0 Å². The smallest absolute Gasteiger partial charge is 0.0931 e. The molecule has 21 heavy (non-hydrogen) atoms. The van der Waals surface area contributed by atoms with E-state index in [0.29, 0.717) is 0 Å². The van der Waals surface area contributed by atoms with Gasteiger partial charge in [-0.3, -0.25) is 0 Å². The Kier molecular flexibility index (Phi) is 5.23. The largest absolute Gasteiger partial charge is 0.381 e. The minimum atomic E-state index is 0.274. The van der Waals surface area contributed by atoms with Crippen molar-refractivity contribution in [3.63, 3.8) is 0 Å². The molecule has 0 bridgehead atoms. The van der Waals surface area contributed by atoms with Crippen molar-refractivity contribution in [1.82, 2.24) is 10.2 Å². The second kappa shape index (κ2) is 6.97. The monoisotopic (exact) mass is 328 g/mol. The Balaban J connectivity index is 1.56. The molecule has 1 aromatic heterocycles. The molecule has 0 spiro atoms. The van der Waals surface area contributed by atoms with Crippen molar-refractivity contribution in [3.05, 3.63) is 21.3 Å². The summed E-state index contributed by atoms with van der Waals surface area (Å²) in [4.78, 5) is 3.76. The Morgan fingerprint density at radius 1 is 1.48 bits per heavy atom. The van der Waals surface area contributed by atoms with Crippen LogP contribution in [0, 0.1) is 5.41 Å². The Morgan fingerprint density at radius 2 is 2.33 bits per heavy atom. The van der Waals surface area contributed by atoms with E-state index < -0.39 is 0 Å². The molecule has 3 rings (SSSR count). The molecular formula is C16H25ClN2OS. The lowest BCUT2D eigenvalue weighted by Gasteiger charge is -2.40. The van der Waals surface area contributed by atoms with Crippen LogP contribution in [0.4, 0.5) is 0 Å². The SMILES string of the molecule is CN(Cc1ccc(Cl)s1)CC1(CNC2CC2)CCCOC1. The molecule has 0 radical (unpaired) electrons. The molecule has 2 fully saturated rings. The molecule has 2 heterocycles. The van der Waals surface area contributed by atoms with Crippen LogP contribution in [-0.2, 0) is 11.3 Å². The van der Waals surface area contributed by atoms with Crippen LogP contribution in [0.25, 0.3) is 0 Å². The van der Waals surface area contributed by atoms with E-state index in [1.54, 1.807) is 11.3 Å². The van der Waals surface area contributed by atoms with E-state index >= 15 is 0 Å². The van der Waals surface area contributed by atoms with Gasteiger partial charge in [0.15, 0.2) is 0 Å². The van der Waals surface area contributed by atoms with Gasteiger partial charge in [0.25, 0.3) is 0 Å². The lowest BCUT2D eigenvalue weighted by atomic mass is 9.81. The van der Waals surface area contributed by atoms with Crippen molar-refractivity contribution in [2.45, 2.75) is 38.3 Å². The van der Waals surface area contributed by atoms with Gasteiger partial charge < -0.3 is 15.0 Å². The van der Waals surface area contributed by atoms with E-state index in [0.717, 1.165) is 43.2 Å². The van der Waals surface area contributed by atoms with E-state index in [1.165, 1.54) is 30.6 Å². The number of rotatable bonds is 7. The van der Waals surface area contributed by atoms with Gasteiger partial charge in [0, 0.05) is 42.6 Å². The molecule has 1 aliphatic heterocycles. The van der Waals surface area contributed by atoms with E-state index in [-0.39, 0.29) is 5.41 Å². The van der Waals surface area contributed by atoms with Crippen LogP contribution in [0.2, 0.25) is 4.34 Å². The first-order chi connectivity index (χ1) is 10.2. The number of halogens is 1. The standard InChI is InChI=1S/C16H25ClN2OS/c1-19(9-14-5-6-15(17)21-14)11-16(7-2-8-20-12-16)10-18-13-3-4-13/h5-6,13,18H,2-4,7-12H2,1H3. The van der Waals surface area contributed by atoms with Crippen LogP contribution in [0.3, 0.4) is 0 Å². The van der Waals surface area contributed by atoms with Crippen LogP contribution in [-0.4, -0.2) is 44.3 Å². The molecule has 1 aromatic rings. The summed E-state index contributed by atoms with van der Waals surface area (Å²) in [7, 11) is 2.21. The molecule has 1 atom stereocenters. The second-order valence-corrected chi connectivity index (χ2v) is 8.49. The van der Waals surface area contributed by atoms with Gasteiger partial charge in [0.05, 0.1) is 10.9 Å². The minimum Gasteiger partial charge on any atom is -0.381 e. The first-order valence-electron chi connectivity index (χ1n) is 7.89. The molecule has 1 saturated carbocycles. The van der Waals surface area contributed by atoms with Gasteiger partial charge in [-0.05, 0) is 44.9 Å². The van der Waals surface area contributed by atoms with E-state index in [1.807, 2.05) is 6.07 Å². The number of nitrogens with zero attached hydrogens (tertiary/aromatic N) is 1. The summed E-state index contributed by atoms with van der Waals surface area (Å²) in [5.74, 6) is 0. The van der Waals surface area contributed by atoms with Crippen molar-refractivity contribution in [2.75, 3.05) is 33.4 Å². The van der Waals surface area contributed by atoms with Crippen molar-refractivity contribution >= 4 is 22.9 Å². The summed E-state index contributed by atoms with van der Waals surface area (Å²) in [5.41, 5.74) is 0.274. The molecule has 118 valence electrons. The number of hydrogen-bond donors (Lipinski definition) is 1. The highest BCUT2D eigenvalue weighted by atomic mass is 35.5. The number of ether oxygens (including phenoxy) is 1. The van der Waals surface area contributed by atoms with E-state index in [2.05, 4.69) is 23.3 Å². The van der Waals surface area contributed by atoms with Crippen LogP contribution in [0.1, 0.15) is 30.6 Å². The predicted octanol–water partition coefficient (Wildman–Crippen LogP) is 3.38. The lowest BCUT2D eigenvalue weighted by Crippen LogP contribution is -2.48. The highest BCUT2D eigenvalue weighted by Gasteiger charge is 2.35. The highest BCUT2D eigenvalue weighted by molar-refractivity contribution is 7.16. The van der Waals surface area contributed by atoms with Crippen LogP contribution >= 0.6 is 22.9 Å². The first kappa shape index (κ1) is 15.8. The third-order valence-corrected chi connectivity index (χ3v) is 5.62. The van der Waals surface area contributed by atoms with Crippen molar-refractivity contribution in [2.24, 2.45) is 5.41 Å². The Bertz CT molecular complexity index is 455. The molecule has 3 nitrogen and oxygen atoms in total. The normalized spacial score (nSPS) is 26.4. The maximum atomic E-state index is 6.02. The summed E-state index contributed by atoms with van der Waals surface area (Å²) in [6.07, 6.45) is 5.15. The van der Waals surface area contributed by atoms with Gasteiger partial charge in [0.1, 0.15) is 0 Å². The first-order valence-corrected chi connectivity index (χ1v) is 9.09. The summed E-state index contributed by atoms with van der Waals surface area (Å²) in [6, 6.07) is 4.89. The summed E-state index contributed by atoms with van der Waals surface area (Å²) < 4.78 is 6.69. The van der Waals surface area contributed by atoms with Crippen LogP contribution in [0.15, 0.2) is 12.1 Å². The number of nitrogens with one attached hydrogen (secondary N) is 1. The average molecular weight is 329 g/mol. The third-order valence-electron chi connectivity index (χ3n) is 4.41. The third kappa shape index (κ3) is 4.67. The summed E-state index contributed by atoms with van der Waals surface area (Å²) in [6.45, 7) is 4.97. The molecule has 2 aliphatic rings. The fourth-order valence-electron chi connectivity index (χ4n) is 3.21. The molecule has 0 aromatic carbocycles. The molecule has 1 N–H and O–H groups in total. The van der Waals surface area contributed by atoms with Gasteiger partial charge >= 0.3 is 0 Å². The van der Waals surface area contributed by atoms with Crippen molar-refractivity contribution in [3.8, 4) is 0 Å². The zero-order chi connectivity index (χ0) is 14.7. The molecule has 5 heteroatoms. The number of thiophene rings is 1. The molecule has 0 amide bonds. The van der Waals surface area contributed by atoms with Crippen molar-refractivity contribution < 1.29 is 4.74 Å². The van der Waals surface area contributed by atoms with Gasteiger partial charge in [-0.1, -0.05) is 11.6 Å². The van der Waals surface area contributed by atoms with Gasteiger partial charge in [-0.15, -0.1) is 11.3 Å². The quantitative estimate of drug-likeness (QED) is 0.830. The Hall–Kier alpha value is -0.130. The Morgan fingerprint density at radius 3 is 2.95 bits per heavy atom. The predicted molar refractivity (Wildman–Crippen MR) is 89.2 cm³/mol. The van der Waals surface area contributed by atoms with Gasteiger partial charge in [-0.25, -0.2) is 0 Å². The molecule has 1 saturated heterocycles. The van der Waals surface area contributed by atoms with Gasteiger partial charge in [0.2, 0.25) is 0 Å². The maximum Gasteiger partial charge on any atom is 0.0931 e. The maximum absolute atomic E-state index is 6.02. The summed E-state index contributed by atoms with van der Waals surface area (Å²) in [5, 5.41) is 3.72. The molecular weight excluding hydrogens is 304 g/mol. The Labute approximate surface area is 136 Å². The van der Waals surface area contributed by atoms with Crippen LogP contribution < -0.4 is 5.32 Å². The minimum absolute atomic E-state index is 0.274. The molecule has 1 aliphatic carbocycles. The van der Waals surface area contributed by atoms with Crippen LogP contribution in [0.5, 0.6) is 0 Å². The zero-order valence-corrected chi connectivity index (χ0v) is 14.3.